The van der Waals surface area contributed by atoms with Crippen LogP contribution in [0.5, 0.6) is 11.5 Å². The van der Waals surface area contributed by atoms with Gasteiger partial charge in [-0.3, -0.25) is 0 Å². The number of carboxylic acid groups (broad SMARTS) is 1. The number of carboxylic acids is 1. The van der Waals surface area contributed by atoms with E-state index in [4.69, 9.17) is 9.47 Å². The second-order valence-corrected chi connectivity index (χ2v) is 4.55. The molecule has 2 aromatic rings. The molecule has 20 heavy (non-hydrogen) atoms. The largest absolute Gasteiger partial charge is 0.478 e. The maximum atomic E-state index is 11.3. The van der Waals surface area contributed by atoms with Gasteiger partial charge in [0.1, 0.15) is 0 Å². The van der Waals surface area contributed by atoms with Gasteiger partial charge in [0.05, 0.1) is 11.3 Å². The smallest absolute Gasteiger partial charge is 0.337 e. The number of nitrogens with one attached hydrogen (secondary N) is 1. The third kappa shape index (κ3) is 2.25. The maximum Gasteiger partial charge on any atom is 0.337 e. The zero-order chi connectivity index (χ0) is 14.1. The molecule has 0 radical (unpaired) electrons. The second kappa shape index (κ2) is 4.77. The fraction of sp³-hybridized carbons (Fsp3) is 0.133. The van der Waals surface area contributed by atoms with Gasteiger partial charge in [-0.2, -0.15) is 0 Å². The normalized spacial score (nSPS) is 12.2. The first kappa shape index (κ1) is 12.3. The lowest BCUT2D eigenvalue weighted by Gasteiger charge is -2.11. The highest BCUT2D eigenvalue weighted by molar-refractivity contribution is 5.95. The molecule has 0 amide bonds. The quantitative estimate of drug-likeness (QED) is 0.897. The lowest BCUT2D eigenvalue weighted by atomic mass is 10.1. The Morgan fingerprint density at radius 2 is 1.95 bits per heavy atom. The second-order valence-electron chi connectivity index (χ2n) is 4.55. The minimum Gasteiger partial charge on any atom is -0.478 e. The molecule has 1 heterocycles. The fourth-order valence-electron chi connectivity index (χ4n) is 2.07. The van der Waals surface area contributed by atoms with Crippen molar-refractivity contribution in [2.24, 2.45) is 0 Å². The number of hydrogen-bond acceptors (Lipinski definition) is 4. The van der Waals surface area contributed by atoms with Crippen molar-refractivity contribution in [2.45, 2.75) is 6.92 Å². The van der Waals surface area contributed by atoms with Crippen LogP contribution in [0.3, 0.4) is 0 Å². The van der Waals surface area contributed by atoms with Crippen molar-refractivity contribution in [2.75, 3.05) is 12.1 Å². The Kier molecular flexibility index (Phi) is 2.95. The summed E-state index contributed by atoms with van der Waals surface area (Å²) >= 11 is 0. The number of hydrogen-bond donors (Lipinski definition) is 2. The molecule has 0 aliphatic carbocycles. The minimum absolute atomic E-state index is 0.212. The monoisotopic (exact) mass is 271 g/mol. The third-order valence-electron chi connectivity index (χ3n) is 3.06. The molecule has 0 fully saturated rings. The first-order valence-electron chi connectivity index (χ1n) is 6.14. The van der Waals surface area contributed by atoms with E-state index in [1.165, 1.54) is 0 Å². The van der Waals surface area contributed by atoms with Crippen LogP contribution in [-0.4, -0.2) is 17.9 Å². The Hall–Kier alpha value is -2.69. The van der Waals surface area contributed by atoms with Crippen molar-refractivity contribution in [1.82, 2.24) is 0 Å². The van der Waals surface area contributed by atoms with E-state index in [9.17, 15) is 9.90 Å². The summed E-state index contributed by atoms with van der Waals surface area (Å²) in [6.45, 7) is 2.07. The molecule has 0 atom stereocenters. The molecular formula is C15H13NO4. The molecule has 0 spiro atoms. The number of aryl methyl sites for hydroxylation is 1. The number of carbonyl (C=O) groups is 1. The van der Waals surface area contributed by atoms with E-state index in [1.807, 2.05) is 19.1 Å². The van der Waals surface area contributed by atoms with Gasteiger partial charge in [-0.05, 0) is 31.2 Å². The highest BCUT2D eigenvalue weighted by atomic mass is 16.7. The Balaban J connectivity index is 1.93. The SMILES string of the molecule is Cc1ccc(Nc2ccc3c(c2)OCO3)c(C(=O)O)c1. The van der Waals surface area contributed by atoms with Crippen LogP contribution in [0.25, 0.3) is 0 Å². The Morgan fingerprint density at radius 3 is 2.75 bits per heavy atom. The minimum atomic E-state index is -0.961. The molecule has 3 rings (SSSR count). The van der Waals surface area contributed by atoms with E-state index in [0.29, 0.717) is 17.2 Å². The highest BCUT2D eigenvalue weighted by Crippen LogP contribution is 2.35. The molecule has 0 saturated heterocycles. The summed E-state index contributed by atoms with van der Waals surface area (Å²) in [5, 5.41) is 12.3. The van der Waals surface area contributed by atoms with Gasteiger partial charge < -0.3 is 19.9 Å². The molecule has 1 aliphatic rings. The van der Waals surface area contributed by atoms with Crippen LogP contribution in [-0.2, 0) is 0 Å². The average Bonchev–Trinajstić information content (AvgIpc) is 2.88. The topological polar surface area (TPSA) is 67.8 Å². The van der Waals surface area contributed by atoms with Crippen LogP contribution in [0.1, 0.15) is 15.9 Å². The summed E-state index contributed by atoms with van der Waals surface area (Å²) in [5.74, 6) is 0.383. The Bertz CT molecular complexity index is 682. The van der Waals surface area contributed by atoms with Crippen LogP contribution in [0.4, 0.5) is 11.4 Å². The van der Waals surface area contributed by atoms with Gasteiger partial charge in [0.25, 0.3) is 0 Å². The Morgan fingerprint density at radius 1 is 1.15 bits per heavy atom. The van der Waals surface area contributed by atoms with Gasteiger partial charge in [-0.1, -0.05) is 11.6 Å². The fourth-order valence-corrected chi connectivity index (χ4v) is 2.07. The van der Waals surface area contributed by atoms with Crippen LogP contribution < -0.4 is 14.8 Å². The van der Waals surface area contributed by atoms with Gasteiger partial charge in [-0.15, -0.1) is 0 Å². The molecule has 0 aromatic heterocycles. The van der Waals surface area contributed by atoms with Gasteiger partial charge in [-0.25, -0.2) is 4.79 Å². The summed E-state index contributed by atoms with van der Waals surface area (Å²) in [7, 11) is 0. The number of ether oxygens (including phenoxy) is 2. The van der Waals surface area contributed by atoms with Crippen LogP contribution >= 0.6 is 0 Å². The third-order valence-corrected chi connectivity index (χ3v) is 3.06. The van der Waals surface area contributed by atoms with Gasteiger partial charge in [0.15, 0.2) is 11.5 Å². The molecule has 1 aliphatic heterocycles. The summed E-state index contributed by atoms with van der Waals surface area (Å²) in [6, 6.07) is 10.6. The summed E-state index contributed by atoms with van der Waals surface area (Å²) < 4.78 is 10.5. The predicted octanol–water partition coefficient (Wildman–Crippen LogP) is 3.17. The molecule has 0 saturated carbocycles. The molecule has 2 aromatic carbocycles. The number of fused-ring (bicyclic) bond motifs is 1. The number of anilines is 2. The lowest BCUT2D eigenvalue weighted by molar-refractivity contribution is 0.0698. The van der Waals surface area contributed by atoms with E-state index in [0.717, 1.165) is 11.3 Å². The van der Waals surface area contributed by atoms with Crippen molar-refractivity contribution in [3.8, 4) is 11.5 Å². The first-order chi connectivity index (χ1) is 9.63. The van der Waals surface area contributed by atoms with Crippen LogP contribution in [0.15, 0.2) is 36.4 Å². The summed E-state index contributed by atoms with van der Waals surface area (Å²) in [5.41, 5.74) is 2.43. The molecule has 0 bridgehead atoms. The molecule has 5 nitrogen and oxygen atoms in total. The number of rotatable bonds is 3. The Labute approximate surface area is 115 Å². The number of aromatic carboxylic acids is 1. The van der Waals surface area contributed by atoms with Gasteiger partial charge in [0.2, 0.25) is 6.79 Å². The average molecular weight is 271 g/mol. The number of benzene rings is 2. The van der Waals surface area contributed by atoms with E-state index >= 15 is 0 Å². The van der Waals surface area contributed by atoms with Crippen molar-refractivity contribution in [3.63, 3.8) is 0 Å². The molecule has 102 valence electrons. The van der Waals surface area contributed by atoms with E-state index in [1.54, 1.807) is 24.3 Å². The van der Waals surface area contributed by atoms with Crippen molar-refractivity contribution >= 4 is 17.3 Å². The lowest BCUT2D eigenvalue weighted by Crippen LogP contribution is -2.03. The van der Waals surface area contributed by atoms with Crippen LogP contribution in [0, 0.1) is 6.92 Å². The molecule has 0 unspecified atom stereocenters. The van der Waals surface area contributed by atoms with E-state index in [-0.39, 0.29) is 12.4 Å². The van der Waals surface area contributed by atoms with Crippen LogP contribution in [0.2, 0.25) is 0 Å². The zero-order valence-electron chi connectivity index (χ0n) is 10.8. The van der Waals surface area contributed by atoms with Crippen molar-refractivity contribution in [3.05, 3.63) is 47.5 Å². The van der Waals surface area contributed by atoms with Gasteiger partial charge >= 0.3 is 5.97 Å². The summed E-state index contributed by atoms with van der Waals surface area (Å²) in [6.07, 6.45) is 0. The van der Waals surface area contributed by atoms with E-state index in [2.05, 4.69) is 5.32 Å². The van der Waals surface area contributed by atoms with Crippen molar-refractivity contribution in [1.29, 1.82) is 0 Å². The zero-order valence-corrected chi connectivity index (χ0v) is 10.8. The van der Waals surface area contributed by atoms with E-state index < -0.39 is 5.97 Å². The molecule has 2 N–H and O–H groups in total. The standard InChI is InChI=1S/C15H13NO4/c1-9-2-4-12(11(6-9)15(17)18)16-10-3-5-13-14(7-10)20-8-19-13/h2-7,16H,8H2,1H3,(H,17,18). The summed E-state index contributed by atoms with van der Waals surface area (Å²) in [4.78, 5) is 11.3. The van der Waals surface area contributed by atoms with Gasteiger partial charge in [0, 0.05) is 11.8 Å². The maximum absolute atomic E-state index is 11.3. The highest BCUT2D eigenvalue weighted by Gasteiger charge is 2.15. The predicted molar refractivity (Wildman–Crippen MR) is 74.0 cm³/mol. The molecular weight excluding hydrogens is 258 g/mol. The van der Waals surface area contributed by atoms with Crippen molar-refractivity contribution < 1.29 is 19.4 Å². The first-order valence-corrected chi connectivity index (χ1v) is 6.14. The molecule has 5 heteroatoms.